The van der Waals surface area contributed by atoms with E-state index >= 15 is 0 Å². The third-order valence-corrected chi connectivity index (χ3v) is 13.6. The average Bonchev–Trinajstić information content (AvgIpc) is 3.53. The van der Waals surface area contributed by atoms with Gasteiger partial charge in [-0.05, 0) is 110 Å². The Morgan fingerprint density at radius 3 is 2.39 bits per heavy atom. The van der Waals surface area contributed by atoms with Crippen LogP contribution in [0.2, 0.25) is 0 Å². The third kappa shape index (κ3) is 1.89. The zero-order valence-corrected chi connectivity index (χ0v) is 19.9. The lowest BCUT2D eigenvalue weighted by Gasteiger charge is -2.57. The summed E-state index contributed by atoms with van der Waals surface area (Å²) in [6.45, 7) is 4.95. The maximum atomic E-state index is 12.4. The van der Waals surface area contributed by atoms with E-state index in [1.807, 2.05) is 6.08 Å². The second-order valence-electron chi connectivity index (χ2n) is 14.0. The first-order valence-corrected chi connectivity index (χ1v) is 13.3. The summed E-state index contributed by atoms with van der Waals surface area (Å²) in [6.07, 6.45) is 19.7. The Hall–Kier alpha value is -0.540. The molecule has 3 spiro atoms. The Bertz CT molecular complexity index is 858. The number of rotatable bonds is 1. The molecule has 0 unspecified atom stereocenters. The second-order valence-corrected chi connectivity index (χ2v) is 14.0. The van der Waals surface area contributed by atoms with Gasteiger partial charge in [0.15, 0.2) is 0 Å². The molecule has 172 valence electrons. The Labute approximate surface area is 188 Å². The highest BCUT2D eigenvalue weighted by molar-refractivity contribution is 5.41. The fourth-order valence-electron chi connectivity index (χ4n) is 12.5. The molecule has 7 rings (SSSR count). The number of aliphatic hydroxyl groups is 2. The van der Waals surface area contributed by atoms with Crippen LogP contribution in [-0.2, 0) is 4.74 Å². The zero-order valence-electron chi connectivity index (χ0n) is 19.9. The molecule has 3 heteroatoms. The van der Waals surface area contributed by atoms with Gasteiger partial charge in [-0.3, -0.25) is 0 Å². The van der Waals surface area contributed by atoms with Gasteiger partial charge in [-0.15, -0.1) is 0 Å². The number of ether oxygens (including phenoxy) is 1. The molecule has 9 atom stereocenters. The molecule has 7 aliphatic carbocycles. The van der Waals surface area contributed by atoms with Gasteiger partial charge in [0, 0.05) is 12.5 Å². The zero-order chi connectivity index (χ0) is 21.5. The molecule has 0 aromatic rings. The average molecular weight is 427 g/mol. The lowest BCUT2D eigenvalue weighted by molar-refractivity contribution is -0.181. The van der Waals surface area contributed by atoms with Crippen molar-refractivity contribution in [3.63, 3.8) is 0 Å². The minimum absolute atomic E-state index is 0.0935. The standard InChI is InChI=1S/C28H42O3/c1-23-15-18-6-9-27(13-12-26(17-27)11-10-25(16-26)7-4-5-8-25)24(23,2)21(18)22-19(29)14-20(31-3)28(22,23)30/h14,18,20-22,29-30H,4-13,15-17H2,1-3H3/t18-,20-,21-,22+,23-,24-,26+,27-,28+/m0/s1. The first kappa shape index (κ1) is 19.9. The van der Waals surface area contributed by atoms with E-state index in [2.05, 4.69) is 13.8 Å². The number of fused-ring (bicyclic) bond motifs is 2. The van der Waals surface area contributed by atoms with Crippen molar-refractivity contribution >= 4 is 0 Å². The summed E-state index contributed by atoms with van der Waals surface area (Å²) >= 11 is 0. The molecule has 2 N–H and O–H groups in total. The van der Waals surface area contributed by atoms with Crippen LogP contribution in [0.25, 0.3) is 0 Å². The van der Waals surface area contributed by atoms with E-state index in [1.54, 1.807) is 7.11 Å². The molecule has 6 saturated carbocycles. The van der Waals surface area contributed by atoms with Gasteiger partial charge in [0.2, 0.25) is 0 Å². The molecule has 6 fully saturated rings. The van der Waals surface area contributed by atoms with E-state index in [0.29, 0.717) is 33.8 Å². The van der Waals surface area contributed by atoms with E-state index in [1.165, 1.54) is 77.0 Å². The van der Waals surface area contributed by atoms with Crippen LogP contribution in [0.4, 0.5) is 0 Å². The van der Waals surface area contributed by atoms with Crippen LogP contribution in [0.3, 0.4) is 0 Å². The number of hydrogen-bond acceptors (Lipinski definition) is 3. The fourth-order valence-corrected chi connectivity index (χ4v) is 12.5. The van der Waals surface area contributed by atoms with Crippen molar-refractivity contribution in [1.29, 1.82) is 0 Å². The lowest BCUT2D eigenvalue weighted by Crippen LogP contribution is -2.59. The largest absolute Gasteiger partial charge is 0.512 e. The summed E-state index contributed by atoms with van der Waals surface area (Å²) in [7, 11) is 1.71. The fraction of sp³-hybridized carbons (Fsp3) is 0.929. The highest BCUT2D eigenvalue weighted by Gasteiger charge is 2.86. The summed E-state index contributed by atoms with van der Waals surface area (Å²) < 4.78 is 5.83. The van der Waals surface area contributed by atoms with Crippen LogP contribution in [0.15, 0.2) is 11.8 Å². The van der Waals surface area contributed by atoms with Gasteiger partial charge in [0.05, 0.1) is 11.7 Å². The molecule has 0 aliphatic heterocycles. The van der Waals surface area contributed by atoms with E-state index in [4.69, 9.17) is 4.74 Å². The summed E-state index contributed by atoms with van der Waals surface area (Å²) in [4.78, 5) is 0. The normalized spacial score (nSPS) is 60.6. The monoisotopic (exact) mass is 426 g/mol. The molecule has 7 aliphatic rings. The van der Waals surface area contributed by atoms with E-state index in [9.17, 15) is 10.2 Å². The highest BCUT2D eigenvalue weighted by atomic mass is 16.5. The van der Waals surface area contributed by atoms with Gasteiger partial charge in [0.1, 0.15) is 11.7 Å². The minimum atomic E-state index is -0.947. The predicted molar refractivity (Wildman–Crippen MR) is 120 cm³/mol. The Morgan fingerprint density at radius 1 is 0.935 bits per heavy atom. The maximum Gasteiger partial charge on any atom is 0.110 e. The van der Waals surface area contributed by atoms with E-state index in [-0.39, 0.29) is 22.9 Å². The van der Waals surface area contributed by atoms with Gasteiger partial charge in [-0.1, -0.05) is 26.7 Å². The Balaban J connectivity index is 1.31. The first-order valence-electron chi connectivity index (χ1n) is 13.3. The summed E-state index contributed by atoms with van der Waals surface area (Å²) in [6, 6.07) is 0. The minimum Gasteiger partial charge on any atom is -0.512 e. The molecule has 0 aromatic carbocycles. The van der Waals surface area contributed by atoms with Crippen LogP contribution in [0, 0.1) is 44.8 Å². The molecule has 4 bridgehead atoms. The number of aliphatic hydroxyl groups excluding tert-OH is 1. The smallest absolute Gasteiger partial charge is 0.110 e. The Morgan fingerprint density at radius 2 is 1.65 bits per heavy atom. The van der Waals surface area contributed by atoms with Gasteiger partial charge < -0.3 is 14.9 Å². The van der Waals surface area contributed by atoms with Crippen LogP contribution in [0.5, 0.6) is 0 Å². The van der Waals surface area contributed by atoms with Crippen molar-refractivity contribution in [2.45, 2.75) is 109 Å². The van der Waals surface area contributed by atoms with Crippen LogP contribution < -0.4 is 0 Å². The molecule has 0 saturated heterocycles. The molecule has 0 heterocycles. The van der Waals surface area contributed by atoms with Crippen LogP contribution in [-0.4, -0.2) is 29.0 Å². The third-order valence-electron chi connectivity index (χ3n) is 13.6. The lowest BCUT2D eigenvalue weighted by atomic mass is 9.47. The van der Waals surface area contributed by atoms with Crippen LogP contribution >= 0.6 is 0 Å². The first-order chi connectivity index (χ1) is 14.7. The quantitative estimate of drug-likeness (QED) is 0.528. The van der Waals surface area contributed by atoms with Crippen molar-refractivity contribution < 1.29 is 14.9 Å². The van der Waals surface area contributed by atoms with Crippen molar-refractivity contribution in [3.05, 3.63) is 11.8 Å². The summed E-state index contributed by atoms with van der Waals surface area (Å²) in [5.74, 6) is 1.36. The summed E-state index contributed by atoms with van der Waals surface area (Å²) in [5, 5.41) is 23.4. The van der Waals surface area contributed by atoms with Crippen LogP contribution in [0.1, 0.15) is 97.3 Å². The van der Waals surface area contributed by atoms with Crippen molar-refractivity contribution in [2.24, 2.45) is 44.8 Å². The molecule has 31 heavy (non-hydrogen) atoms. The molecular formula is C28H42O3. The number of methoxy groups -OCH3 is 1. The molecule has 0 aromatic heterocycles. The maximum absolute atomic E-state index is 12.4. The SMILES string of the molecule is CO[C@H]1C=C(O)[C@@H]2[C@@H]3[C@H]4CC[C@@]5(CC[C@@]6(CCC7(CCCC7)C6)C5)[C@]3(C)[C@](C)(C4)[C@@]12O. The molecule has 0 radical (unpaired) electrons. The van der Waals surface area contributed by atoms with Gasteiger partial charge in [-0.25, -0.2) is 0 Å². The topological polar surface area (TPSA) is 49.7 Å². The van der Waals surface area contributed by atoms with Gasteiger partial charge in [-0.2, -0.15) is 0 Å². The van der Waals surface area contributed by atoms with Crippen molar-refractivity contribution in [1.82, 2.24) is 0 Å². The summed E-state index contributed by atoms with van der Waals surface area (Å²) in [5.41, 5.74) is 0.539. The number of hydrogen-bond donors (Lipinski definition) is 2. The van der Waals surface area contributed by atoms with Gasteiger partial charge >= 0.3 is 0 Å². The highest BCUT2D eigenvalue weighted by Crippen LogP contribution is 2.87. The van der Waals surface area contributed by atoms with E-state index < -0.39 is 5.60 Å². The van der Waals surface area contributed by atoms with Gasteiger partial charge in [0.25, 0.3) is 0 Å². The second kappa shape index (κ2) is 5.57. The predicted octanol–water partition coefficient (Wildman–Crippen LogP) is 6.16. The molecule has 3 nitrogen and oxygen atoms in total. The van der Waals surface area contributed by atoms with E-state index in [0.717, 1.165) is 6.42 Å². The van der Waals surface area contributed by atoms with Crippen molar-refractivity contribution in [3.8, 4) is 0 Å². The van der Waals surface area contributed by atoms with Crippen molar-refractivity contribution in [2.75, 3.05) is 7.11 Å². The molecular weight excluding hydrogens is 384 g/mol. The molecule has 0 amide bonds. The Kier molecular flexibility index (Phi) is 3.57.